The van der Waals surface area contributed by atoms with Crippen LogP contribution in [-0.2, 0) is 0 Å². The molecular formula is C13H17ClOS. The smallest absolute Gasteiger partial charge is 0.169 e. The minimum atomic E-state index is -0.485. The Morgan fingerprint density at radius 1 is 1.31 bits per heavy atom. The van der Waals surface area contributed by atoms with E-state index in [-0.39, 0.29) is 5.78 Å². The fourth-order valence-electron chi connectivity index (χ4n) is 1.32. The zero-order valence-electron chi connectivity index (χ0n) is 9.92. The van der Waals surface area contributed by atoms with E-state index in [0.29, 0.717) is 5.88 Å². The Balaban J connectivity index is 2.86. The van der Waals surface area contributed by atoms with Crippen LogP contribution in [0, 0.1) is 5.41 Å². The third-order valence-corrected chi connectivity index (χ3v) is 3.94. The summed E-state index contributed by atoms with van der Waals surface area (Å²) in [6, 6.07) is 7.75. The molecule has 0 radical (unpaired) electrons. The van der Waals surface area contributed by atoms with Crippen LogP contribution in [0.4, 0.5) is 0 Å². The number of Topliss-reactive ketones (excluding diaryl/α,β-unsaturated/α-hetero) is 1. The van der Waals surface area contributed by atoms with E-state index in [2.05, 4.69) is 6.92 Å². The zero-order valence-corrected chi connectivity index (χ0v) is 11.5. The summed E-state index contributed by atoms with van der Waals surface area (Å²) in [6.45, 7) is 5.86. The summed E-state index contributed by atoms with van der Waals surface area (Å²) in [7, 11) is 0. The topological polar surface area (TPSA) is 17.1 Å². The van der Waals surface area contributed by atoms with E-state index in [0.717, 1.165) is 11.3 Å². The zero-order chi connectivity index (χ0) is 12.2. The van der Waals surface area contributed by atoms with Gasteiger partial charge in [-0.2, -0.15) is 0 Å². The van der Waals surface area contributed by atoms with Gasteiger partial charge in [0.25, 0.3) is 0 Å². The van der Waals surface area contributed by atoms with E-state index in [9.17, 15) is 4.79 Å². The van der Waals surface area contributed by atoms with Gasteiger partial charge < -0.3 is 0 Å². The molecule has 0 amide bonds. The first kappa shape index (κ1) is 13.6. The molecule has 0 bridgehead atoms. The lowest BCUT2D eigenvalue weighted by molar-refractivity contribution is 0.0862. The van der Waals surface area contributed by atoms with Gasteiger partial charge in [-0.1, -0.05) is 32.9 Å². The molecule has 0 heterocycles. The lowest BCUT2D eigenvalue weighted by atomic mass is 9.86. The number of carbonyl (C=O) groups excluding carboxylic acids is 1. The van der Waals surface area contributed by atoms with Crippen LogP contribution in [0.3, 0.4) is 0 Å². The molecule has 0 spiro atoms. The summed E-state index contributed by atoms with van der Waals surface area (Å²) in [5.41, 5.74) is 0.257. The van der Waals surface area contributed by atoms with Crippen molar-refractivity contribution in [2.45, 2.75) is 25.7 Å². The highest BCUT2D eigenvalue weighted by molar-refractivity contribution is 7.99. The van der Waals surface area contributed by atoms with Crippen LogP contribution in [-0.4, -0.2) is 17.4 Å². The molecular weight excluding hydrogens is 240 g/mol. The molecule has 0 aliphatic rings. The highest BCUT2D eigenvalue weighted by Gasteiger charge is 2.27. The molecule has 0 aliphatic carbocycles. The van der Waals surface area contributed by atoms with Crippen LogP contribution in [0.2, 0.25) is 0 Å². The normalized spacial score (nSPS) is 11.5. The van der Waals surface area contributed by atoms with Crippen molar-refractivity contribution in [2.24, 2.45) is 5.41 Å². The molecule has 1 aromatic rings. The van der Waals surface area contributed by atoms with Crippen molar-refractivity contribution < 1.29 is 4.79 Å². The Morgan fingerprint density at radius 3 is 2.31 bits per heavy atom. The summed E-state index contributed by atoms with van der Waals surface area (Å²) in [6.07, 6.45) is 0. The molecule has 1 aromatic carbocycles. The maximum absolute atomic E-state index is 12.1. The predicted molar refractivity (Wildman–Crippen MR) is 71.7 cm³/mol. The highest BCUT2D eigenvalue weighted by atomic mass is 35.5. The van der Waals surface area contributed by atoms with Gasteiger partial charge in [0.15, 0.2) is 5.78 Å². The molecule has 0 aliphatic heterocycles. The Morgan fingerprint density at radius 2 is 1.88 bits per heavy atom. The van der Waals surface area contributed by atoms with Crippen molar-refractivity contribution in [3.05, 3.63) is 29.8 Å². The van der Waals surface area contributed by atoms with Crippen molar-refractivity contribution in [1.29, 1.82) is 0 Å². The van der Waals surface area contributed by atoms with Gasteiger partial charge in [0.05, 0.1) is 0 Å². The summed E-state index contributed by atoms with van der Waals surface area (Å²) in [5.74, 6) is 1.49. The van der Waals surface area contributed by atoms with Crippen molar-refractivity contribution in [2.75, 3.05) is 11.6 Å². The summed E-state index contributed by atoms with van der Waals surface area (Å²) in [4.78, 5) is 13.3. The number of thioether (sulfide) groups is 1. The van der Waals surface area contributed by atoms with Gasteiger partial charge in [0, 0.05) is 21.8 Å². The minimum absolute atomic E-state index is 0.107. The maximum atomic E-state index is 12.1. The second-order valence-electron chi connectivity index (χ2n) is 4.30. The van der Waals surface area contributed by atoms with Gasteiger partial charge >= 0.3 is 0 Å². The average Bonchev–Trinajstić information content (AvgIpc) is 2.29. The SMILES string of the molecule is CCSc1ccc(C(=O)C(C)(C)CCl)cc1. The molecule has 1 nitrogen and oxygen atoms in total. The average molecular weight is 257 g/mol. The molecule has 0 saturated carbocycles. The molecule has 0 aromatic heterocycles. The van der Waals surface area contributed by atoms with Crippen molar-refractivity contribution >= 4 is 29.1 Å². The summed E-state index contributed by atoms with van der Waals surface area (Å²) >= 11 is 7.57. The number of halogens is 1. The van der Waals surface area contributed by atoms with Gasteiger partial charge in [0.1, 0.15) is 0 Å². The Bertz CT molecular complexity index is 357. The molecule has 0 N–H and O–H groups in total. The Labute approximate surface area is 107 Å². The van der Waals surface area contributed by atoms with E-state index < -0.39 is 5.41 Å². The van der Waals surface area contributed by atoms with E-state index in [4.69, 9.17) is 11.6 Å². The van der Waals surface area contributed by atoms with Crippen LogP contribution in [0.15, 0.2) is 29.2 Å². The lowest BCUT2D eigenvalue weighted by Crippen LogP contribution is -2.25. The molecule has 3 heteroatoms. The van der Waals surface area contributed by atoms with E-state index in [1.54, 1.807) is 11.8 Å². The van der Waals surface area contributed by atoms with Crippen LogP contribution >= 0.6 is 23.4 Å². The molecule has 0 saturated heterocycles. The summed E-state index contributed by atoms with van der Waals surface area (Å²) < 4.78 is 0. The molecule has 0 atom stereocenters. The fraction of sp³-hybridized carbons (Fsp3) is 0.462. The second kappa shape index (κ2) is 5.74. The van der Waals surface area contributed by atoms with Gasteiger partial charge in [0.2, 0.25) is 0 Å². The molecule has 88 valence electrons. The largest absolute Gasteiger partial charge is 0.294 e. The Hall–Kier alpha value is -0.470. The quantitative estimate of drug-likeness (QED) is 0.445. The fourth-order valence-corrected chi connectivity index (χ4v) is 2.10. The Kier molecular flexibility index (Phi) is 4.88. The number of hydrogen-bond acceptors (Lipinski definition) is 2. The standard InChI is InChI=1S/C13H17ClOS/c1-4-16-11-7-5-10(6-8-11)12(15)13(2,3)9-14/h5-8H,4,9H2,1-3H3. The molecule has 1 rings (SSSR count). The maximum Gasteiger partial charge on any atom is 0.169 e. The predicted octanol–water partition coefficient (Wildman–Crippen LogP) is 4.25. The van der Waals surface area contributed by atoms with Crippen molar-refractivity contribution in [3.63, 3.8) is 0 Å². The number of carbonyl (C=O) groups is 1. The minimum Gasteiger partial charge on any atom is -0.294 e. The van der Waals surface area contributed by atoms with E-state index >= 15 is 0 Å². The molecule has 0 fully saturated rings. The first-order valence-corrected chi connectivity index (χ1v) is 6.87. The van der Waals surface area contributed by atoms with Gasteiger partial charge in [-0.25, -0.2) is 0 Å². The summed E-state index contributed by atoms with van der Waals surface area (Å²) in [5, 5.41) is 0. The van der Waals surface area contributed by atoms with Gasteiger partial charge in [-0.05, 0) is 17.9 Å². The third kappa shape index (κ3) is 3.26. The van der Waals surface area contributed by atoms with Gasteiger partial charge in [-0.15, -0.1) is 23.4 Å². The number of alkyl halides is 1. The van der Waals surface area contributed by atoms with Crippen molar-refractivity contribution in [1.82, 2.24) is 0 Å². The second-order valence-corrected chi connectivity index (χ2v) is 5.91. The number of benzene rings is 1. The van der Waals surface area contributed by atoms with Crippen molar-refractivity contribution in [3.8, 4) is 0 Å². The number of rotatable bonds is 5. The molecule has 0 unspecified atom stereocenters. The number of hydrogen-bond donors (Lipinski definition) is 0. The van der Waals surface area contributed by atoms with Crippen LogP contribution < -0.4 is 0 Å². The highest BCUT2D eigenvalue weighted by Crippen LogP contribution is 2.25. The first-order chi connectivity index (χ1) is 7.51. The van der Waals surface area contributed by atoms with Gasteiger partial charge in [-0.3, -0.25) is 4.79 Å². The van der Waals surface area contributed by atoms with E-state index in [1.165, 1.54) is 4.90 Å². The first-order valence-electron chi connectivity index (χ1n) is 5.35. The third-order valence-electron chi connectivity index (χ3n) is 2.38. The van der Waals surface area contributed by atoms with Crippen LogP contribution in [0.25, 0.3) is 0 Å². The molecule has 16 heavy (non-hydrogen) atoms. The monoisotopic (exact) mass is 256 g/mol. The van der Waals surface area contributed by atoms with Crippen LogP contribution in [0.5, 0.6) is 0 Å². The van der Waals surface area contributed by atoms with E-state index in [1.807, 2.05) is 38.1 Å². The van der Waals surface area contributed by atoms with Crippen LogP contribution in [0.1, 0.15) is 31.1 Å². The number of ketones is 1. The lowest BCUT2D eigenvalue weighted by Gasteiger charge is -2.19.